The van der Waals surface area contributed by atoms with Gasteiger partial charge in [0.15, 0.2) is 5.96 Å². The largest absolute Gasteiger partial charge is 0.377 e. The second kappa shape index (κ2) is 13.6. The van der Waals surface area contributed by atoms with E-state index >= 15 is 0 Å². The maximum atomic E-state index is 6.27. The molecule has 7 heteroatoms. The van der Waals surface area contributed by atoms with Gasteiger partial charge in [0.1, 0.15) is 0 Å². The molecule has 2 heterocycles. The first-order chi connectivity index (χ1) is 14.2. The van der Waals surface area contributed by atoms with Crippen molar-refractivity contribution in [2.75, 3.05) is 46.4 Å². The van der Waals surface area contributed by atoms with Crippen LogP contribution in [0.1, 0.15) is 44.2 Å². The molecule has 0 saturated carbocycles. The van der Waals surface area contributed by atoms with Crippen molar-refractivity contribution in [3.63, 3.8) is 0 Å². The molecule has 1 fully saturated rings. The van der Waals surface area contributed by atoms with Crippen LogP contribution in [0.5, 0.6) is 0 Å². The summed E-state index contributed by atoms with van der Waals surface area (Å²) in [6.45, 7) is 7.41. The molecule has 0 amide bonds. The van der Waals surface area contributed by atoms with E-state index in [1.165, 1.54) is 24.0 Å². The minimum absolute atomic E-state index is 0. The Balaban J connectivity index is 0.00000320. The average Bonchev–Trinajstić information content (AvgIpc) is 2.73. The Hall–Kier alpha value is -0.830. The lowest BCUT2D eigenvalue weighted by Crippen LogP contribution is -2.40. The van der Waals surface area contributed by atoms with Crippen LogP contribution in [0.4, 0.5) is 0 Å². The van der Waals surface area contributed by atoms with Crippen molar-refractivity contribution < 1.29 is 4.74 Å². The van der Waals surface area contributed by atoms with E-state index < -0.39 is 0 Å². The number of aliphatic imine (C=N–C) groups is 1. The van der Waals surface area contributed by atoms with Crippen LogP contribution in [-0.2, 0) is 4.74 Å². The fraction of sp³-hybridized carbons (Fsp3) is 0.609. The number of likely N-dealkylation sites (tertiary alicyclic amines) is 1. The van der Waals surface area contributed by atoms with E-state index in [0.29, 0.717) is 12.0 Å². The van der Waals surface area contributed by atoms with E-state index in [2.05, 4.69) is 53.8 Å². The summed E-state index contributed by atoms with van der Waals surface area (Å²) in [4.78, 5) is 7.39. The number of halogens is 2. The lowest BCUT2D eigenvalue weighted by Gasteiger charge is -2.39. The van der Waals surface area contributed by atoms with Crippen molar-refractivity contribution in [3.05, 3.63) is 46.5 Å². The fourth-order valence-electron chi connectivity index (χ4n) is 4.35. The summed E-state index contributed by atoms with van der Waals surface area (Å²) in [6, 6.07) is 8.66. The first-order valence-electron chi connectivity index (χ1n) is 10.9. The molecule has 0 bridgehead atoms. The minimum atomic E-state index is 0. The molecule has 0 radical (unpaired) electrons. The van der Waals surface area contributed by atoms with E-state index in [9.17, 15) is 0 Å². The highest BCUT2D eigenvalue weighted by atomic mass is 127. The zero-order chi connectivity index (χ0) is 20.5. The number of hydrogen-bond donors (Lipinski definition) is 2. The summed E-state index contributed by atoms with van der Waals surface area (Å²) in [5.74, 6) is 1.40. The average molecular weight is 547 g/mol. The molecule has 2 unspecified atom stereocenters. The van der Waals surface area contributed by atoms with E-state index in [4.69, 9.17) is 21.3 Å². The first-order valence-corrected chi connectivity index (χ1v) is 11.3. The smallest absolute Gasteiger partial charge is 0.191 e. The third kappa shape index (κ3) is 7.70. The Morgan fingerprint density at radius 3 is 2.93 bits per heavy atom. The number of benzene rings is 1. The van der Waals surface area contributed by atoms with E-state index in [0.717, 1.165) is 63.2 Å². The molecule has 0 aromatic heterocycles. The zero-order valence-electron chi connectivity index (χ0n) is 18.2. The molecule has 1 aromatic carbocycles. The Kier molecular flexibility index (Phi) is 11.5. The normalized spacial score (nSPS) is 22.8. The molecular weight excluding hydrogens is 511 g/mol. The number of ether oxygens (including phenoxy) is 1. The van der Waals surface area contributed by atoms with Gasteiger partial charge in [-0.3, -0.25) is 9.89 Å². The van der Waals surface area contributed by atoms with E-state index in [1.54, 1.807) is 0 Å². The van der Waals surface area contributed by atoms with Crippen LogP contribution in [0, 0.1) is 5.92 Å². The van der Waals surface area contributed by atoms with Crippen molar-refractivity contribution in [1.29, 1.82) is 0 Å². The van der Waals surface area contributed by atoms with Gasteiger partial charge < -0.3 is 15.4 Å². The van der Waals surface area contributed by atoms with Gasteiger partial charge in [-0.1, -0.05) is 35.4 Å². The van der Waals surface area contributed by atoms with Crippen molar-refractivity contribution >= 4 is 41.5 Å². The zero-order valence-corrected chi connectivity index (χ0v) is 21.3. The minimum Gasteiger partial charge on any atom is -0.377 e. The van der Waals surface area contributed by atoms with Gasteiger partial charge in [0.2, 0.25) is 0 Å². The summed E-state index contributed by atoms with van der Waals surface area (Å²) in [7, 11) is 2.21. The van der Waals surface area contributed by atoms with Gasteiger partial charge in [0.25, 0.3) is 0 Å². The maximum absolute atomic E-state index is 6.27. The SMILES string of the molecule is CCNC(=NCC1CCCN(C)C1c1cccc(Cl)c1)NCCC1=CCOCC1.I. The molecule has 168 valence electrons. The lowest BCUT2D eigenvalue weighted by molar-refractivity contribution is 0.125. The van der Waals surface area contributed by atoms with Crippen LogP contribution < -0.4 is 10.6 Å². The predicted octanol–water partition coefficient (Wildman–Crippen LogP) is 4.63. The predicted molar refractivity (Wildman–Crippen MR) is 137 cm³/mol. The molecule has 2 N–H and O–H groups in total. The second-order valence-electron chi connectivity index (χ2n) is 7.97. The molecule has 1 aromatic rings. The molecular formula is C23H36ClIN4O. The molecule has 2 atom stereocenters. The van der Waals surface area contributed by atoms with Crippen molar-refractivity contribution in [2.45, 2.75) is 38.6 Å². The molecule has 1 saturated heterocycles. The summed E-state index contributed by atoms with van der Waals surface area (Å²) in [6.07, 6.45) is 6.71. The summed E-state index contributed by atoms with van der Waals surface area (Å²) < 4.78 is 5.39. The summed E-state index contributed by atoms with van der Waals surface area (Å²) in [5, 5.41) is 7.71. The third-order valence-electron chi connectivity index (χ3n) is 5.82. The number of hydrogen-bond acceptors (Lipinski definition) is 3. The van der Waals surface area contributed by atoms with Crippen molar-refractivity contribution in [3.8, 4) is 0 Å². The van der Waals surface area contributed by atoms with Crippen LogP contribution in [0.3, 0.4) is 0 Å². The van der Waals surface area contributed by atoms with Crippen molar-refractivity contribution in [2.24, 2.45) is 10.9 Å². The molecule has 5 nitrogen and oxygen atoms in total. The number of piperidine rings is 1. The molecule has 2 aliphatic heterocycles. The Morgan fingerprint density at radius 1 is 1.33 bits per heavy atom. The van der Waals surface area contributed by atoms with E-state index in [1.807, 2.05) is 6.07 Å². The van der Waals surface area contributed by atoms with Gasteiger partial charge in [-0.2, -0.15) is 0 Å². The Labute approximate surface area is 203 Å². The van der Waals surface area contributed by atoms with Crippen LogP contribution in [-0.4, -0.2) is 57.3 Å². The highest BCUT2D eigenvalue weighted by Crippen LogP contribution is 2.36. The van der Waals surface area contributed by atoms with Crippen molar-refractivity contribution in [1.82, 2.24) is 15.5 Å². The van der Waals surface area contributed by atoms with Gasteiger partial charge in [-0.25, -0.2) is 0 Å². The number of guanidine groups is 1. The van der Waals surface area contributed by atoms with Crippen LogP contribution in [0.25, 0.3) is 0 Å². The standard InChI is InChI=1S/C23H35ClN4O.HI/c1-3-25-23(26-12-9-18-10-14-29-15-11-18)27-17-20-7-5-13-28(2)22(20)19-6-4-8-21(24)16-19;/h4,6,8,10,16,20,22H,3,5,7,9,11-15,17H2,1-2H3,(H2,25,26,27);1H. The van der Waals surface area contributed by atoms with Gasteiger partial charge in [-0.05, 0) is 69.8 Å². The summed E-state index contributed by atoms with van der Waals surface area (Å²) >= 11 is 6.27. The topological polar surface area (TPSA) is 48.9 Å². The van der Waals surface area contributed by atoms with Gasteiger partial charge in [0.05, 0.1) is 13.2 Å². The second-order valence-corrected chi connectivity index (χ2v) is 8.40. The highest BCUT2D eigenvalue weighted by molar-refractivity contribution is 14.0. The molecule has 0 spiro atoms. The highest BCUT2D eigenvalue weighted by Gasteiger charge is 2.30. The van der Waals surface area contributed by atoms with Crippen LogP contribution >= 0.6 is 35.6 Å². The van der Waals surface area contributed by atoms with Gasteiger partial charge in [-0.15, -0.1) is 24.0 Å². The number of nitrogens with zero attached hydrogens (tertiary/aromatic N) is 2. The first kappa shape index (κ1) is 25.4. The van der Waals surface area contributed by atoms with Gasteiger partial charge in [0, 0.05) is 30.7 Å². The molecule has 2 aliphatic rings. The molecule has 0 aliphatic carbocycles. The fourth-order valence-corrected chi connectivity index (χ4v) is 4.55. The third-order valence-corrected chi connectivity index (χ3v) is 6.06. The lowest BCUT2D eigenvalue weighted by atomic mass is 9.85. The van der Waals surface area contributed by atoms with Gasteiger partial charge >= 0.3 is 0 Å². The number of nitrogens with one attached hydrogen (secondary N) is 2. The Morgan fingerprint density at radius 2 is 2.20 bits per heavy atom. The molecule has 30 heavy (non-hydrogen) atoms. The maximum Gasteiger partial charge on any atom is 0.191 e. The summed E-state index contributed by atoms with van der Waals surface area (Å²) in [5.41, 5.74) is 2.78. The quantitative estimate of drug-likeness (QED) is 0.227. The van der Waals surface area contributed by atoms with E-state index in [-0.39, 0.29) is 24.0 Å². The van der Waals surface area contributed by atoms with Crippen LogP contribution in [0.15, 0.2) is 40.9 Å². The van der Waals surface area contributed by atoms with Crippen LogP contribution in [0.2, 0.25) is 5.02 Å². The molecule has 3 rings (SSSR count). The monoisotopic (exact) mass is 546 g/mol. The Bertz CT molecular complexity index is 712. The number of rotatable bonds is 7.